The van der Waals surface area contributed by atoms with E-state index in [9.17, 15) is 13.2 Å². The van der Waals surface area contributed by atoms with Crippen LogP contribution in [0.1, 0.15) is 10.5 Å². The fraction of sp³-hybridized carbons (Fsp3) is 0. The monoisotopic (exact) mass is 334 g/mol. The Hall–Kier alpha value is -2.31. The summed E-state index contributed by atoms with van der Waals surface area (Å²) in [7, 11) is -3.89. The van der Waals surface area contributed by atoms with Crippen molar-refractivity contribution in [1.29, 1.82) is 0 Å². The molecule has 0 aliphatic carbocycles. The summed E-state index contributed by atoms with van der Waals surface area (Å²) in [6.45, 7) is 0. The van der Waals surface area contributed by atoms with Crippen LogP contribution >= 0.6 is 11.6 Å². The molecule has 2 aromatic carbocycles. The van der Waals surface area contributed by atoms with Crippen LogP contribution in [0, 0.1) is 0 Å². The molecule has 22 heavy (non-hydrogen) atoms. The number of fused-ring (bicyclic) bond motifs is 1. The predicted molar refractivity (Wildman–Crippen MR) is 83.7 cm³/mol. The van der Waals surface area contributed by atoms with Crippen molar-refractivity contribution < 1.29 is 13.2 Å². The Labute approximate surface area is 131 Å². The maximum Gasteiger partial charge on any atom is 0.266 e. The average molecular weight is 335 g/mol. The summed E-state index contributed by atoms with van der Waals surface area (Å²) >= 11 is 5.91. The number of nitrogens with one attached hydrogen (secondary N) is 1. The second-order valence-corrected chi connectivity index (χ2v) is 7.02. The Morgan fingerprint density at radius 3 is 2.41 bits per heavy atom. The Balaban J connectivity index is 2.39. The molecule has 0 atom stereocenters. The lowest BCUT2D eigenvalue weighted by Crippen LogP contribution is -2.16. The molecule has 1 heterocycles. The summed E-state index contributed by atoms with van der Waals surface area (Å²) in [5.41, 5.74) is 5.61. The predicted octanol–water partition coefficient (Wildman–Crippen LogP) is 2.75. The van der Waals surface area contributed by atoms with Crippen LogP contribution in [-0.4, -0.2) is 19.3 Å². The molecular weight excluding hydrogens is 324 g/mol. The highest BCUT2D eigenvalue weighted by molar-refractivity contribution is 7.91. The van der Waals surface area contributed by atoms with Gasteiger partial charge in [-0.15, -0.1) is 0 Å². The van der Waals surface area contributed by atoms with Crippen LogP contribution in [0.4, 0.5) is 0 Å². The molecule has 0 aliphatic heterocycles. The number of hydrogen-bond donors (Lipinski definition) is 2. The zero-order chi connectivity index (χ0) is 15.9. The van der Waals surface area contributed by atoms with Crippen LogP contribution in [0.25, 0.3) is 10.9 Å². The van der Waals surface area contributed by atoms with Crippen LogP contribution < -0.4 is 5.73 Å². The Morgan fingerprint density at radius 2 is 1.77 bits per heavy atom. The summed E-state index contributed by atoms with van der Waals surface area (Å²) in [5, 5.41) is 0.801. The topological polar surface area (TPSA) is 93.0 Å². The Kier molecular flexibility index (Phi) is 3.42. The molecule has 5 nitrogen and oxygen atoms in total. The lowest BCUT2D eigenvalue weighted by molar-refractivity contribution is 0.0993. The lowest BCUT2D eigenvalue weighted by atomic mass is 10.2. The molecule has 0 aliphatic rings. The highest BCUT2D eigenvalue weighted by atomic mass is 35.5. The van der Waals surface area contributed by atoms with Gasteiger partial charge in [-0.1, -0.05) is 35.9 Å². The largest absolute Gasteiger partial charge is 0.364 e. The van der Waals surface area contributed by atoms with E-state index in [4.69, 9.17) is 17.3 Å². The number of amides is 1. The van der Waals surface area contributed by atoms with Crippen LogP contribution in [0.15, 0.2) is 58.3 Å². The maximum absolute atomic E-state index is 12.9. The molecule has 3 aromatic rings. The molecular formula is C15H11ClN2O3S. The smallest absolute Gasteiger partial charge is 0.266 e. The number of H-pyrrole nitrogens is 1. The van der Waals surface area contributed by atoms with Gasteiger partial charge in [0.25, 0.3) is 5.91 Å². The second kappa shape index (κ2) is 5.15. The highest BCUT2D eigenvalue weighted by Crippen LogP contribution is 2.32. The molecule has 7 heteroatoms. The summed E-state index contributed by atoms with van der Waals surface area (Å²) in [6.07, 6.45) is 0. The van der Waals surface area contributed by atoms with Crippen LogP contribution in [0.5, 0.6) is 0 Å². The van der Waals surface area contributed by atoms with E-state index >= 15 is 0 Å². The fourth-order valence-electron chi connectivity index (χ4n) is 2.31. The molecule has 112 valence electrons. The van der Waals surface area contributed by atoms with Crippen molar-refractivity contribution in [1.82, 2.24) is 4.98 Å². The fourth-order valence-corrected chi connectivity index (χ4v) is 4.13. The standard InChI is InChI=1S/C15H11ClN2O3S/c16-9-6-7-11-12(8-9)18-13(15(17)19)14(11)22(20,21)10-4-2-1-3-5-10/h1-8,18H,(H2,17,19). The number of carbonyl (C=O) groups excluding carboxylic acids is 1. The van der Waals surface area contributed by atoms with Gasteiger partial charge in [0.2, 0.25) is 9.84 Å². The minimum absolute atomic E-state index is 0.0911. The molecule has 0 unspecified atom stereocenters. The first kappa shape index (κ1) is 14.6. The number of aromatic nitrogens is 1. The van der Waals surface area contributed by atoms with Crippen molar-refractivity contribution in [3.8, 4) is 0 Å². The quantitative estimate of drug-likeness (QED) is 0.771. The van der Waals surface area contributed by atoms with Crippen molar-refractivity contribution in [3.05, 3.63) is 59.2 Å². The summed E-state index contributed by atoms with van der Waals surface area (Å²) in [4.78, 5) is 14.4. The highest BCUT2D eigenvalue weighted by Gasteiger charge is 2.28. The summed E-state index contributed by atoms with van der Waals surface area (Å²) in [6, 6.07) is 12.5. The van der Waals surface area contributed by atoms with Gasteiger partial charge in [-0.05, 0) is 24.3 Å². The van der Waals surface area contributed by atoms with Crippen molar-refractivity contribution in [2.24, 2.45) is 5.73 Å². The van der Waals surface area contributed by atoms with Gasteiger partial charge in [-0.2, -0.15) is 0 Å². The molecule has 1 amide bonds. The van der Waals surface area contributed by atoms with Crippen molar-refractivity contribution in [2.45, 2.75) is 9.79 Å². The Bertz CT molecular complexity index is 979. The number of halogens is 1. The molecule has 3 N–H and O–H groups in total. The molecule has 0 fully saturated rings. The number of primary amides is 1. The summed E-state index contributed by atoms with van der Waals surface area (Å²) < 4.78 is 25.7. The molecule has 1 aromatic heterocycles. The van der Waals surface area contributed by atoms with Gasteiger partial charge in [-0.25, -0.2) is 8.42 Å². The number of carbonyl (C=O) groups is 1. The maximum atomic E-state index is 12.9. The van der Waals surface area contributed by atoms with E-state index in [-0.39, 0.29) is 15.5 Å². The van der Waals surface area contributed by atoms with Crippen molar-refractivity contribution in [2.75, 3.05) is 0 Å². The first-order valence-electron chi connectivity index (χ1n) is 6.32. The lowest BCUT2D eigenvalue weighted by Gasteiger charge is -2.05. The number of benzene rings is 2. The van der Waals surface area contributed by atoms with Gasteiger partial charge in [0, 0.05) is 15.9 Å². The molecule has 0 radical (unpaired) electrons. The van der Waals surface area contributed by atoms with Crippen LogP contribution in [0.2, 0.25) is 5.02 Å². The van der Waals surface area contributed by atoms with Gasteiger partial charge in [-0.3, -0.25) is 4.79 Å². The third-order valence-corrected chi connectivity index (χ3v) is 5.37. The van der Waals surface area contributed by atoms with Gasteiger partial charge in [0.15, 0.2) is 0 Å². The average Bonchev–Trinajstić information content (AvgIpc) is 2.87. The summed E-state index contributed by atoms with van der Waals surface area (Å²) in [5.74, 6) is -0.846. The molecule has 0 spiro atoms. The number of nitrogens with two attached hydrogens (primary N) is 1. The van der Waals surface area contributed by atoms with E-state index in [1.165, 1.54) is 12.1 Å². The van der Waals surface area contributed by atoms with E-state index in [1.807, 2.05) is 0 Å². The van der Waals surface area contributed by atoms with E-state index in [0.29, 0.717) is 15.9 Å². The van der Waals surface area contributed by atoms with Crippen LogP contribution in [-0.2, 0) is 9.84 Å². The molecule has 0 bridgehead atoms. The zero-order valence-electron chi connectivity index (χ0n) is 11.2. The van der Waals surface area contributed by atoms with Crippen molar-refractivity contribution in [3.63, 3.8) is 0 Å². The number of sulfone groups is 1. The molecule has 0 saturated heterocycles. The van der Waals surface area contributed by atoms with E-state index < -0.39 is 15.7 Å². The zero-order valence-corrected chi connectivity index (χ0v) is 12.8. The van der Waals surface area contributed by atoms with E-state index in [2.05, 4.69) is 4.98 Å². The van der Waals surface area contributed by atoms with Gasteiger partial charge in [0.1, 0.15) is 10.6 Å². The number of hydrogen-bond acceptors (Lipinski definition) is 3. The minimum atomic E-state index is -3.89. The number of aromatic amines is 1. The normalized spacial score (nSPS) is 11.7. The second-order valence-electron chi connectivity index (χ2n) is 4.70. The van der Waals surface area contributed by atoms with Gasteiger partial charge >= 0.3 is 0 Å². The van der Waals surface area contributed by atoms with E-state index in [1.54, 1.807) is 36.4 Å². The first-order chi connectivity index (χ1) is 10.4. The first-order valence-corrected chi connectivity index (χ1v) is 8.18. The molecule has 0 saturated carbocycles. The minimum Gasteiger partial charge on any atom is -0.364 e. The Morgan fingerprint density at radius 1 is 1.09 bits per heavy atom. The third-order valence-electron chi connectivity index (χ3n) is 3.28. The SMILES string of the molecule is NC(=O)c1[nH]c2cc(Cl)ccc2c1S(=O)(=O)c1ccccc1. The third kappa shape index (κ3) is 2.26. The van der Waals surface area contributed by atoms with Gasteiger partial charge in [0.05, 0.1) is 4.90 Å². The molecule has 3 rings (SSSR count). The van der Waals surface area contributed by atoms with E-state index in [0.717, 1.165) is 0 Å². The number of rotatable bonds is 3. The van der Waals surface area contributed by atoms with Gasteiger partial charge < -0.3 is 10.7 Å². The van der Waals surface area contributed by atoms with Crippen LogP contribution in [0.3, 0.4) is 0 Å². The van der Waals surface area contributed by atoms with Crippen molar-refractivity contribution >= 4 is 38.2 Å².